The summed E-state index contributed by atoms with van der Waals surface area (Å²) in [5.41, 5.74) is -0.591. The first-order chi connectivity index (χ1) is 10.6. The minimum Gasteiger partial charge on any atom is -0.334 e. The number of halogens is 1. The molecule has 1 aromatic heterocycles. The highest BCUT2D eigenvalue weighted by Gasteiger charge is 2.37. The second-order valence-electron chi connectivity index (χ2n) is 5.79. The van der Waals surface area contributed by atoms with Crippen molar-refractivity contribution >= 4 is 24.0 Å². The molecule has 2 fully saturated rings. The number of rotatable bonds is 3. The fraction of sp³-hybridized carbons (Fsp3) is 0.571. The molecule has 2 atom stereocenters. The molecule has 1 amide bonds. The number of fused-ring (bicyclic) bond motifs is 2. The molecule has 2 saturated heterocycles. The Morgan fingerprint density at radius 3 is 2.78 bits per heavy atom. The van der Waals surface area contributed by atoms with Crippen molar-refractivity contribution in [3.8, 4) is 0 Å². The number of nitrogens with one attached hydrogen (secondary N) is 1. The van der Waals surface area contributed by atoms with E-state index in [1.807, 2.05) is 4.90 Å². The van der Waals surface area contributed by atoms with Gasteiger partial charge in [-0.05, 0) is 25.8 Å². The molecule has 23 heavy (non-hydrogen) atoms. The summed E-state index contributed by atoms with van der Waals surface area (Å²) in [6, 6.07) is 2.66. The van der Waals surface area contributed by atoms with Gasteiger partial charge in [0.15, 0.2) is 0 Å². The lowest BCUT2D eigenvalue weighted by atomic mass is 10.1. The van der Waals surface area contributed by atoms with E-state index in [1.165, 1.54) is 0 Å². The van der Waals surface area contributed by atoms with Gasteiger partial charge >= 0.3 is 0 Å². The van der Waals surface area contributed by atoms with E-state index < -0.39 is 10.5 Å². The lowest BCUT2D eigenvalue weighted by molar-refractivity contribution is -0.385. The molecular formula is C14H19ClN4O4. The molecule has 0 saturated carbocycles. The van der Waals surface area contributed by atoms with E-state index in [-0.39, 0.29) is 42.6 Å². The standard InChI is InChI=1S/C14H18N4O4.ClH/c19-13-4-3-12(18(21)22)8-16(13)9-14(20)17-10-1-2-11(17)7-15-6-5-10;/h3-4,8,10-11,15H,1-2,5-7,9H2;1H. The van der Waals surface area contributed by atoms with Crippen molar-refractivity contribution in [1.29, 1.82) is 0 Å². The largest absolute Gasteiger partial charge is 0.334 e. The van der Waals surface area contributed by atoms with Gasteiger partial charge in [0.1, 0.15) is 6.54 Å². The predicted molar refractivity (Wildman–Crippen MR) is 85.7 cm³/mol. The third-order valence-electron chi connectivity index (χ3n) is 4.43. The van der Waals surface area contributed by atoms with E-state index in [2.05, 4.69) is 5.32 Å². The predicted octanol–water partition coefficient (Wildman–Crippen LogP) is 0.531. The van der Waals surface area contributed by atoms with Gasteiger partial charge in [-0.1, -0.05) is 0 Å². The lowest BCUT2D eigenvalue weighted by Crippen LogP contribution is -2.45. The van der Waals surface area contributed by atoms with Gasteiger partial charge in [-0.3, -0.25) is 24.3 Å². The fourth-order valence-corrected chi connectivity index (χ4v) is 3.37. The number of amides is 1. The van der Waals surface area contributed by atoms with Crippen LogP contribution in [0, 0.1) is 10.1 Å². The quantitative estimate of drug-likeness (QED) is 0.638. The van der Waals surface area contributed by atoms with E-state index >= 15 is 0 Å². The Balaban J connectivity index is 0.00000192. The summed E-state index contributed by atoms with van der Waals surface area (Å²) >= 11 is 0. The zero-order chi connectivity index (χ0) is 15.7. The van der Waals surface area contributed by atoms with Crippen molar-refractivity contribution < 1.29 is 9.72 Å². The maximum atomic E-state index is 12.6. The van der Waals surface area contributed by atoms with Crippen LogP contribution in [0.2, 0.25) is 0 Å². The molecule has 1 N–H and O–H groups in total. The van der Waals surface area contributed by atoms with Crippen molar-refractivity contribution in [2.24, 2.45) is 0 Å². The summed E-state index contributed by atoms with van der Waals surface area (Å²) in [7, 11) is 0. The molecule has 126 valence electrons. The molecule has 2 bridgehead atoms. The van der Waals surface area contributed by atoms with Gasteiger partial charge in [0.2, 0.25) is 5.91 Å². The number of carbonyl (C=O) groups excluding carboxylic acids is 1. The Hall–Kier alpha value is -1.93. The lowest BCUT2D eigenvalue weighted by Gasteiger charge is -2.28. The minimum atomic E-state index is -0.569. The van der Waals surface area contributed by atoms with E-state index in [4.69, 9.17) is 0 Å². The highest BCUT2D eigenvalue weighted by atomic mass is 35.5. The molecule has 0 aromatic carbocycles. The molecule has 2 aliphatic heterocycles. The Morgan fingerprint density at radius 2 is 2.04 bits per heavy atom. The summed E-state index contributed by atoms with van der Waals surface area (Å²) in [5.74, 6) is -0.140. The smallest absolute Gasteiger partial charge is 0.285 e. The Labute approximate surface area is 139 Å². The summed E-state index contributed by atoms with van der Waals surface area (Å²) in [5, 5.41) is 14.1. The number of nitro groups is 1. The van der Waals surface area contributed by atoms with Crippen LogP contribution < -0.4 is 10.9 Å². The van der Waals surface area contributed by atoms with Crippen LogP contribution in [-0.4, -0.2) is 45.5 Å². The summed E-state index contributed by atoms with van der Waals surface area (Å²) in [6.45, 7) is 1.52. The van der Waals surface area contributed by atoms with Crippen LogP contribution in [0.4, 0.5) is 5.69 Å². The second kappa shape index (κ2) is 7.10. The van der Waals surface area contributed by atoms with Gasteiger partial charge in [0.25, 0.3) is 11.2 Å². The number of hydrogen-bond donors (Lipinski definition) is 1. The van der Waals surface area contributed by atoms with Gasteiger partial charge < -0.3 is 10.2 Å². The maximum absolute atomic E-state index is 12.6. The average molecular weight is 343 g/mol. The van der Waals surface area contributed by atoms with E-state index in [1.54, 1.807) is 0 Å². The Morgan fingerprint density at radius 1 is 1.30 bits per heavy atom. The van der Waals surface area contributed by atoms with Crippen LogP contribution in [0.15, 0.2) is 23.1 Å². The van der Waals surface area contributed by atoms with E-state index in [9.17, 15) is 19.7 Å². The first-order valence-electron chi connectivity index (χ1n) is 7.43. The molecular weight excluding hydrogens is 324 g/mol. The molecule has 3 heterocycles. The summed E-state index contributed by atoms with van der Waals surface area (Å²) in [6.07, 6.45) is 4.00. The summed E-state index contributed by atoms with van der Waals surface area (Å²) in [4.78, 5) is 36.5. The van der Waals surface area contributed by atoms with Crippen LogP contribution in [0.5, 0.6) is 0 Å². The van der Waals surface area contributed by atoms with Crippen molar-refractivity contribution in [1.82, 2.24) is 14.8 Å². The van der Waals surface area contributed by atoms with Crippen LogP contribution in [0.3, 0.4) is 0 Å². The zero-order valence-electron chi connectivity index (χ0n) is 12.5. The average Bonchev–Trinajstić information content (AvgIpc) is 2.74. The number of pyridine rings is 1. The van der Waals surface area contributed by atoms with Crippen LogP contribution in [0.1, 0.15) is 19.3 Å². The van der Waals surface area contributed by atoms with Crippen molar-refractivity contribution in [3.63, 3.8) is 0 Å². The molecule has 0 radical (unpaired) electrons. The van der Waals surface area contributed by atoms with Crippen molar-refractivity contribution in [3.05, 3.63) is 38.8 Å². The van der Waals surface area contributed by atoms with Crippen LogP contribution >= 0.6 is 12.4 Å². The highest BCUT2D eigenvalue weighted by Crippen LogP contribution is 2.28. The third kappa shape index (κ3) is 3.53. The van der Waals surface area contributed by atoms with Gasteiger partial charge in [-0.15, -0.1) is 12.4 Å². The SMILES string of the molecule is Cl.O=C(Cn1cc([N+](=O)[O-])ccc1=O)N1C2CCNCC1CC2. The maximum Gasteiger partial charge on any atom is 0.285 e. The number of carbonyl (C=O) groups is 1. The molecule has 2 unspecified atom stereocenters. The number of hydrogen-bond acceptors (Lipinski definition) is 5. The normalized spacial score (nSPS) is 23.0. The summed E-state index contributed by atoms with van der Waals surface area (Å²) < 4.78 is 1.12. The topological polar surface area (TPSA) is 97.5 Å². The molecule has 2 aliphatic rings. The Kier molecular flexibility index (Phi) is 5.38. The molecule has 3 rings (SSSR count). The van der Waals surface area contributed by atoms with Gasteiger partial charge in [0.05, 0.1) is 11.1 Å². The minimum absolute atomic E-state index is 0. The fourth-order valence-electron chi connectivity index (χ4n) is 3.37. The van der Waals surface area contributed by atoms with Gasteiger partial charge in [0, 0.05) is 30.8 Å². The molecule has 0 spiro atoms. The third-order valence-corrected chi connectivity index (χ3v) is 4.43. The van der Waals surface area contributed by atoms with Gasteiger partial charge in [-0.25, -0.2) is 0 Å². The van der Waals surface area contributed by atoms with E-state index in [0.29, 0.717) is 0 Å². The van der Waals surface area contributed by atoms with Crippen LogP contribution in [0.25, 0.3) is 0 Å². The van der Waals surface area contributed by atoms with Crippen molar-refractivity contribution in [2.45, 2.75) is 37.9 Å². The monoisotopic (exact) mass is 342 g/mol. The Bertz CT molecular complexity index is 648. The van der Waals surface area contributed by atoms with Crippen molar-refractivity contribution in [2.75, 3.05) is 13.1 Å². The zero-order valence-corrected chi connectivity index (χ0v) is 13.3. The first-order valence-corrected chi connectivity index (χ1v) is 7.43. The van der Waals surface area contributed by atoms with Gasteiger partial charge in [-0.2, -0.15) is 0 Å². The molecule has 0 aliphatic carbocycles. The highest BCUT2D eigenvalue weighted by molar-refractivity contribution is 5.85. The number of aromatic nitrogens is 1. The first kappa shape index (κ1) is 17.4. The molecule has 8 nitrogen and oxygen atoms in total. The van der Waals surface area contributed by atoms with E-state index in [0.717, 1.165) is 55.2 Å². The van der Waals surface area contributed by atoms with Crippen LogP contribution in [-0.2, 0) is 11.3 Å². The second-order valence-corrected chi connectivity index (χ2v) is 5.79. The molecule has 1 aromatic rings. The number of nitrogens with zero attached hydrogens (tertiary/aromatic N) is 3. The molecule has 9 heteroatoms.